The summed E-state index contributed by atoms with van der Waals surface area (Å²) in [6, 6.07) is 29.3. The summed E-state index contributed by atoms with van der Waals surface area (Å²) in [4.78, 5) is 15.7. The Morgan fingerprint density at radius 3 is 2.14 bits per heavy atom. The van der Waals surface area contributed by atoms with Gasteiger partial charge in [0, 0.05) is 24.8 Å². The lowest BCUT2D eigenvalue weighted by molar-refractivity contribution is -0.0944. The van der Waals surface area contributed by atoms with E-state index < -0.39 is 24.0 Å². The molecule has 10 heteroatoms. The Balaban J connectivity index is 1.47. The number of ether oxygens (including phenoxy) is 4. The zero-order chi connectivity index (χ0) is 30.2. The molecule has 0 bridgehead atoms. The lowest BCUT2D eigenvalue weighted by Crippen LogP contribution is -2.38. The highest BCUT2D eigenvalue weighted by molar-refractivity contribution is 7.91. The van der Waals surface area contributed by atoms with Gasteiger partial charge in [-0.1, -0.05) is 54.6 Å². The molecule has 4 aromatic rings. The van der Waals surface area contributed by atoms with Crippen molar-refractivity contribution in [2.24, 2.45) is 0 Å². The number of aliphatic hydroxyl groups is 1. The number of H-pyrrole nitrogens is 1. The van der Waals surface area contributed by atoms with Crippen LogP contribution in [0.1, 0.15) is 35.8 Å². The largest absolute Gasteiger partial charge is 0.497 e. The smallest absolute Gasteiger partial charge is 0.328 e. The zero-order valence-corrected chi connectivity index (χ0v) is 24.9. The van der Waals surface area contributed by atoms with Crippen molar-refractivity contribution in [2.75, 3.05) is 26.6 Å². The Morgan fingerprint density at radius 2 is 1.58 bits per heavy atom. The van der Waals surface area contributed by atoms with Gasteiger partial charge in [-0.2, -0.15) is 16.6 Å². The third-order valence-electron chi connectivity index (χ3n) is 7.52. The molecular formula is C33H35N3O6S. The van der Waals surface area contributed by atoms with Crippen molar-refractivity contribution in [3.8, 4) is 17.6 Å². The lowest BCUT2D eigenvalue weighted by atomic mass is 9.80. The van der Waals surface area contributed by atoms with Gasteiger partial charge in [-0.15, -0.1) is 0 Å². The molecule has 0 unspecified atom stereocenters. The van der Waals surface area contributed by atoms with Crippen LogP contribution in [0.2, 0.25) is 0 Å². The molecule has 0 spiro atoms. The van der Waals surface area contributed by atoms with Gasteiger partial charge in [0.25, 0.3) is 0 Å². The van der Waals surface area contributed by atoms with Crippen LogP contribution in [0.3, 0.4) is 0 Å². The van der Waals surface area contributed by atoms with Gasteiger partial charge in [0.2, 0.25) is 0 Å². The average molecular weight is 602 g/mol. The second kappa shape index (κ2) is 13.9. The molecule has 1 aromatic heterocycles. The fourth-order valence-corrected chi connectivity index (χ4v) is 6.10. The van der Waals surface area contributed by atoms with E-state index in [4.69, 9.17) is 24.2 Å². The number of hydrogen-bond donors (Lipinski definition) is 3. The van der Waals surface area contributed by atoms with Crippen LogP contribution < -0.4 is 15.2 Å². The third-order valence-corrected chi connectivity index (χ3v) is 8.57. The van der Waals surface area contributed by atoms with Crippen molar-refractivity contribution < 1.29 is 24.1 Å². The number of rotatable bonds is 11. The standard InChI is InChI=1S/C33H35N3O6S/c1-39-26-13-9-24(10-14-26)33(23-7-4-3-5-8-23,25-11-15-27(40-2)16-12-25)41-22-29-28(37)21-31(42-29)36-19-17-30(35-32(36)38)43-20-6-18-34/h3-5,7-17,19,28-29,31,37,43H,6,20-22H2,1-2H3,(H,35,38)/t28-,29+,31+/m0/s1. The quantitative estimate of drug-likeness (QED) is 0.0982. The molecule has 2 heterocycles. The first-order valence-electron chi connectivity index (χ1n) is 14.0. The molecule has 3 aromatic carbocycles. The fourth-order valence-electron chi connectivity index (χ4n) is 5.30. The number of nitriles is 1. The van der Waals surface area contributed by atoms with Crippen LogP contribution in [0.5, 0.6) is 11.5 Å². The summed E-state index contributed by atoms with van der Waals surface area (Å²) in [7, 11) is 3.25. The molecule has 1 aliphatic heterocycles. The summed E-state index contributed by atoms with van der Waals surface area (Å²) in [5.41, 5.74) is 1.23. The minimum Gasteiger partial charge on any atom is -0.497 e. The predicted octanol–water partition coefficient (Wildman–Crippen LogP) is 4.76. The van der Waals surface area contributed by atoms with Crippen LogP contribution >= 0.6 is 11.4 Å². The van der Waals surface area contributed by atoms with Crippen molar-refractivity contribution in [1.29, 1.82) is 5.26 Å². The maximum atomic E-state index is 12.9. The van der Waals surface area contributed by atoms with Crippen molar-refractivity contribution >= 4 is 11.4 Å². The summed E-state index contributed by atoms with van der Waals surface area (Å²) >= 11 is 0.870. The lowest BCUT2D eigenvalue weighted by Gasteiger charge is -2.37. The van der Waals surface area contributed by atoms with E-state index in [-0.39, 0.29) is 18.7 Å². The molecule has 0 amide bonds. The predicted molar refractivity (Wildman–Crippen MR) is 165 cm³/mol. The number of nitrogens with zero attached hydrogens (tertiary/aromatic N) is 2. The summed E-state index contributed by atoms with van der Waals surface area (Å²) in [6.45, 7) is 0.0495. The van der Waals surface area contributed by atoms with Crippen LogP contribution in [-0.4, -0.2) is 53.4 Å². The minimum atomic E-state index is -1.06. The Bertz CT molecular complexity index is 1620. The van der Waals surface area contributed by atoms with E-state index >= 15 is 0 Å². The molecule has 0 saturated carbocycles. The van der Waals surface area contributed by atoms with E-state index in [1.54, 1.807) is 26.5 Å². The van der Waals surface area contributed by atoms with Gasteiger partial charge in [-0.05, 0) is 47.0 Å². The molecule has 3 atom stereocenters. The van der Waals surface area contributed by atoms with Crippen molar-refractivity contribution in [2.45, 2.75) is 36.9 Å². The monoisotopic (exact) mass is 601 g/mol. The van der Waals surface area contributed by atoms with Crippen molar-refractivity contribution in [1.82, 2.24) is 9.55 Å². The van der Waals surface area contributed by atoms with Gasteiger partial charge in [0.15, 0.2) is 0 Å². The van der Waals surface area contributed by atoms with Crippen LogP contribution in [0, 0.1) is 16.0 Å². The van der Waals surface area contributed by atoms with Crippen LogP contribution in [0.15, 0.2) is 95.9 Å². The average Bonchev–Trinajstić information content (AvgIpc) is 3.42. The highest BCUT2D eigenvalue weighted by Gasteiger charge is 2.42. The van der Waals surface area contributed by atoms with Crippen LogP contribution in [0.4, 0.5) is 0 Å². The first-order chi connectivity index (χ1) is 21.0. The number of aromatic nitrogens is 2. The maximum absolute atomic E-state index is 12.9. The molecule has 1 saturated heterocycles. The van der Waals surface area contributed by atoms with Crippen molar-refractivity contribution in [3.63, 3.8) is 0 Å². The molecular weight excluding hydrogens is 566 g/mol. The molecule has 9 nitrogen and oxygen atoms in total. The summed E-state index contributed by atoms with van der Waals surface area (Å²) < 4.78 is 26.1. The first-order valence-corrected chi connectivity index (χ1v) is 15.1. The van der Waals surface area contributed by atoms with E-state index in [2.05, 4.69) is 11.1 Å². The van der Waals surface area contributed by atoms with Gasteiger partial charge in [0.05, 0.1) is 37.6 Å². The van der Waals surface area contributed by atoms with Gasteiger partial charge < -0.3 is 29.0 Å². The van der Waals surface area contributed by atoms with Gasteiger partial charge in [0.1, 0.15) is 29.4 Å². The topological polar surface area (TPSA) is 119 Å². The van der Waals surface area contributed by atoms with Crippen LogP contribution in [0.25, 0.3) is 0 Å². The van der Waals surface area contributed by atoms with Gasteiger partial charge in [-0.25, -0.2) is 4.79 Å². The molecule has 2 N–H and O–H groups in total. The molecule has 1 aliphatic rings. The number of hydrogen-bond acceptors (Lipinski definition) is 7. The number of aromatic amines is 1. The Morgan fingerprint density at radius 1 is 0.977 bits per heavy atom. The number of nitrogens with one attached hydrogen (secondary N) is 1. The van der Waals surface area contributed by atoms with Gasteiger partial charge in [-0.3, -0.25) is 4.57 Å². The van der Waals surface area contributed by atoms with E-state index in [1.165, 1.54) is 4.57 Å². The molecule has 0 aliphatic carbocycles. The molecule has 5 rings (SSSR count). The molecule has 224 valence electrons. The Labute approximate surface area is 253 Å². The Kier molecular flexibility index (Phi) is 9.79. The number of aliphatic hydroxyl groups excluding tert-OH is 1. The highest BCUT2D eigenvalue weighted by atomic mass is 32.1. The number of thiol groups is 1. The highest BCUT2D eigenvalue weighted by Crippen LogP contribution is 2.42. The van der Waals surface area contributed by atoms with Crippen molar-refractivity contribution in [3.05, 3.63) is 123 Å². The molecule has 1 fully saturated rings. The SMILES string of the molecule is COc1ccc(C(OC[C@H]2O[C@@H](n3ccc(=[SH]CCC#N)[nH]c3=O)C[C@@H]2O)(c2ccccc2)c2ccc(OC)cc2)cc1. The first kappa shape index (κ1) is 30.3. The van der Waals surface area contributed by atoms with Crippen LogP contribution in [-0.2, 0) is 15.1 Å². The zero-order valence-electron chi connectivity index (χ0n) is 24.1. The normalized spacial score (nSPS) is 18.9. The minimum absolute atomic E-state index is 0.0495. The van der Waals surface area contributed by atoms with E-state index in [1.807, 2.05) is 78.9 Å². The number of benzene rings is 3. The second-order valence-corrected chi connectivity index (χ2v) is 11.3. The fraction of sp³-hybridized carbons (Fsp3) is 0.303. The summed E-state index contributed by atoms with van der Waals surface area (Å²) in [5, 5.41) is 19.8. The molecule has 0 radical (unpaired) electrons. The third kappa shape index (κ3) is 6.60. The van der Waals surface area contributed by atoms with E-state index in [9.17, 15) is 9.90 Å². The van der Waals surface area contributed by atoms with Gasteiger partial charge >= 0.3 is 5.69 Å². The molecule has 43 heavy (non-hydrogen) atoms. The Hall–Kier alpha value is -4.14. The second-order valence-electron chi connectivity index (χ2n) is 10.1. The number of methoxy groups -OCH3 is 2. The summed E-state index contributed by atoms with van der Waals surface area (Å²) in [5.74, 6) is 2.08. The van der Waals surface area contributed by atoms with E-state index in [0.717, 1.165) is 44.2 Å². The summed E-state index contributed by atoms with van der Waals surface area (Å²) in [6.07, 6.45) is 0.101. The van der Waals surface area contributed by atoms with E-state index in [0.29, 0.717) is 12.2 Å². The maximum Gasteiger partial charge on any atom is 0.328 e.